The molecule has 0 atom stereocenters. The number of aryl methyl sites for hydroxylation is 1. The molecule has 1 amide bonds. The average Bonchev–Trinajstić information content (AvgIpc) is 2.49. The van der Waals surface area contributed by atoms with Crippen LogP contribution < -0.4 is 14.8 Å². The molecule has 21 heavy (non-hydrogen) atoms. The van der Waals surface area contributed by atoms with E-state index in [1.54, 1.807) is 37.4 Å². The molecule has 0 saturated carbocycles. The summed E-state index contributed by atoms with van der Waals surface area (Å²) >= 11 is 0. The Morgan fingerprint density at radius 2 is 1.71 bits per heavy atom. The Kier molecular flexibility index (Phi) is 4.33. The minimum absolute atomic E-state index is 0.0176. The van der Waals surface area contributed by atoms with Crippen LogP contribution in [0.5, 0.6) is 17.2 Å². The fourth-order valence-corrected chi connectivity index (χ4v) is 1.99. The van der Waals surface area contributed by atoms with Crippen LogP contribution >= 0.6 is 0 Å². The number of rotatable bonds is 4. The van der Waals surface area contributed by atoms with E-state index in [9.17, 15) is 9.90 Å². The van der Waals surface area contributed by atoms with E-state index in [1.165, 1.54) is 13.2 Å². The Morgan fingerprint density at radius 3 is 2.33 bits per heavy atom. The molecule has 0 fully saturated rings. The first-order chi connectivity index (χ1) is 10.1. The molecule has 2 aromatic rings. The zero-order chi connectivity index (χ0) is 15.4. The molecule has 0 aromatic heterocycles. The summed E-state index contributed by atoms with van der Waals surface area (Å²) in [6, 6.07) is 9.91. The molecule has 0 aliphatic heterocycles. The van der Waals surface area contributed by atoms with Gasteiger partial charge in [0.05, 0.1) is 19.9 Å². The van der Waals surface area contributed by atoms with Gasteiger partial charge in [0.25, 0.3) is 5.91 Å². The molecule has 0 aliphatic rings. The van der Waals surface area contributed by atoms with Crippen LogP contribution in [-0.4, -0.2) is 25.2 Å². The molecule has 0 unspecified atom stereocenters. The summed E-state index contributed by atoms with van der Waals surface area (Å²) in [6.07, 6.45) is 0. The predicted molar refractivity (Wildman–Crippen MR) is 80.3 cm³/mol. The van der Waals surface area contributed by atoms with Gasteiger partial charge in [-0.3, -0.25) is 4.79 Å². The van der Waals surface area contributed by atoms with E-state index >= 15 is 0 Å². The van der Waals surface area contributed by atoms with Gasteiger partial charge >= 0.3 is 0 Å². The third kappa shape index (κ3) is 3.08. The monoisotopic (exact) mass is 287 g/mol. The molecule has 0 radical (unpaired) electrons. The number of ether oxygens (including phenoxy) is 2. The maximum Gasteiger partial charge on any atom is 0.256 e. The molecule has 2 N–H and O–H groups in total. The second-order valence-corrected chi connectivity index (χ2v) is 4.49. The van der Waals surface area contributed by atoms with Gasteiger partial charge in [-0.1, -0.05) is 12.1 Å². The lowest BCUT2D eigenvalue weighted by molar-refractivity contribution is 0.102. The van der Waals surface area contributed by atoms with Crippen LogP contribution in [0.25, 0.3) is 0 Å². The number of carbonyl (C=O) groups excluding carboxylic acids is 1. The van der Waals surface area contributed by atoms with Crippen molar-refractivity contribution in [3.63, 3.8) is 0 Å². The Hall–Kier alpha value is -2.69. The second-order valence-electron chi connectivity index (χ2n) is 4.49. The van der Waals surface area contributed by atoms with E-state index in [-0.39, 0.29) is 11.7 Å². The molecule has 2 aromatic carbocycles. The minimum atomic E-state index is -0.324. The van der Waals surface area contributed by atoms with Crippen LogP contribution in [0.1, 0.15) is 15.9 Å². The van der Waals surface area contributed by atoms with E-state index in [0.717, 1.165) is 5.56 Å². The summed E-state index contributed by atoms with van der Waals surface area (Å²) in [5.74, 6) is 0.735. The Morgan fingerprint density at radius 1 is 1.10 bits per heavy atom. The summed E-state index contributed by atoms with van der Waals surface area (Å²) in [6.45, 7) is 1.81. The normalized spacial score (nSPS) is 10.0. The van der Waals surface area contributed by atoms with Gasteiger partial charge in [-0.25, -0.2) is 0 Å². The molecule has 0 aliphatic carbocycles. The highest BCUT2D eigenvalue weighted by Crippen LogP contribution is 2.31. The first kappa shape index (κ1) is 14.7. The maximum absolute atomic E-state index is 12.3. The number of anilines is 1. The zero-order valence-corrected chi connectivity index (χ0v) is 12.1. The Bertz CT molecular complexity index is 667. The van der Waals surface area contributed by atoms with Gasteiger partial charge < -0.3 is 19.9 Å². The molecule has 110 valence electrons. The van der Waals surface area contributed by atoms with Crippen molar-refractivity contribution in [2.75, 3.05) is 19.5 Å². The standard InChI is InChI=1S/C16H17NO4/c1-10-8-14(20-2)15(21-3)9-11(10)16(19)17-12-6-4-5-7-13(12)18/h4-9,18H,1-3H3,(H,17,19). The summed E-state index contributed by atoms with van der Waals surface area (Å²) < 4.78 is 10.4. The molecule has 0 heterocycles. The molecule has 0 spiro atoms. The van der Waals surface area contributed by atoms with Crippen molar-refractivity contribution in [2.45, 2.75) is 6.92 Å². The number of hydrogen-bond acceptors (Lipinski definition) is 4. The largest absolute Gasteiger partial charge is 0.506 e. The molecular weight excluding hydrogens is 270 g/mol. The topological polar surface area (TPSA) is 67.8 Å². The van der Waals surface area contributed by atoms with Crippen LogP contribution in [-0.2, 0) is 0 Å². The molecule has 2 rings (SSSR count). The number of para-hydroxylation sites is 2. The smallest absolute Gasteiger partial charge is 0.256 e. The van der Waals surface area contributed by atoms with Crippen LogP contribution in [0.4, 0.5) is 5.69 Å². The Labute approximate surface area is 123 Å². The highest BCUT2D eigenvalue weighted by atomic mass is 16.5. The van der Waals surface area contributed by atoms with Gasteiger partial charge in [0, 0.05) is 5.56 Å². The van der Waals surface area contributed by atoms with Crippen molar-refractivity contribution >= 4 is 11.6 Å². The van der Waals surface area contributed by atoms with Crippen LogP contribution in [0, 0.1) is 6.92 Å². The highest BCUT2D eigenvalue weighted by Gasteiger charge is 2.15. The van der Waals surface area contributed by atoms with E-state index in [4.69, 9.17) is 9.47 Å². The number of nitrogens with one attached hydrogen (secondary N) is 1. The number of methoxy groups -OCH3 is 2. The first-order valence-corrected chi connectivity index (χ1v) is 6.38. The molecule has 0 saturated heterocycles. The van der Waals surface area contributed by atoms with Crippen LogP contribution in [0.3, 0.4) is 0 Å². The van der Waals surface area contributed by atoms with Gasteiger partial charge in [-0.05, 0) is 36.8 Å². The summed E-state index contributed by atoms with van der Waals surface area (Å²) in [5, 5.41) is 12.4. The molecule has 5 heteroatoms. The van der Waals surface area contributed by atoms with Crippen molar-refractivity contribution in [3.05, 3.63) is 47.5 Å². The average molecular weight is 287 g/mol. The van der Waals surface area contributed by atoms with E-state index in [2.05, 4.69) is 5.32 Å². The lowest BCUT2D eigenvalue weighted by Gasteiger charge is -2.13. The summed E-state index contributed by atoms with van der Waals surface area (Å²) in [4.78, 5) is 12.3. The Balaban J connectivity index is 2.33. The SMILES string of the molecule is COc1cc(C)c(C(=O)Nc2ccccc2O)cc1OC. The van der Waals surface area contributed by atoms with Crippen LogP contribution in [0.2, 0.25) is 0 Å². The minimum Gasteiger partial charge on any atom is -0.506 e. The van der Waals surface area contributed by atoms with Gasteiger partial charge in [-0.15, -0.1) is 0 Å². The number of carbonyl (C=O) groups is 1. The van der Waals surface area contributed by atoms with Crippen molar-refractivity contribution in [1.29, 1.82) is 0 Å². The quantitative estimate of drug-likeness (QED) is 0.848. The van der Waals surface area contributed by atoms with Gasteiger partial charge in [0.1, 0.15) is 5.75 Å². The van der Waals surface area contributed by atoms with Crippen molar-refractivity contribution in [2.24, 2.45) is 0 Å². The number of amides is 1. The number of hydrogen-bond donors (Lipinski definition) is 2. The molecule has 5 nitrogen and oxygen atoms in total. The van der Waals surface area contributed by atoms with Gasteiger partial charge in [0.15, 0.2) is 11.5 Å². The molecule has 0 bridgehead atoms. The third-order valence-electron chi connectivity index (χ3n) is 3.13. The summed E-state index contributed by atoms with van der Waals surface area (Å²) in [7, 11) is 3.05. The fraction of sp³-hybridized carbons (Fsp3) is 0.188. The van der Waals surface area contributed by atoms with Crippen LogP contribution in [0.15, 0.2) is 36.4 Å². The van der Waals surface area contributed by atoms with Gasteiger partial charge in [-0.2, -0.15) is 0 Å². The fourth-order valence-electron chi connectivity index (χ4n) is 1.99. The van der Waals surface area contributed by atoms with Crippen molar-refractivity contribution in [1.82, 2.24) is 0 Å². The lowest BCUT2D eigenvalue weighted by Crippen LogP contribution is -2.14. The van der Waals surface area contributed by atoms with Crippen molar-refractivity contribution < 1.29 is 19.4 Å². The lowest BCUT2D eigenvalue weighted by atomic mass is 10.1. The number of phenols is 1. The highest BCUT2D eigenvalue weighted by molar-refractivity contribution is 6.06. The third-order valence-corrected chi connectivity index (χ3v) is 3.13. The predicted octanol–water partition coefficient (Wildman–Crippen LogP) is 2.97. The van der Waals surface area contributed by atoms with Gasteiger partial charge in [0.2, 0.25) is 0 Å². The summed E-state index contributed by atoms with van der Waals surface area (Å²) in [5.41, 5.74) is 1.56. The first-order valence-electron chi connectivity index (χ1n) is 6.38. The number of aromatic hydroxyl groups is 1. The maximum atomic E-state index is 12.3. The zero-order valence-electron chi connectivity index (χ0n) is 12.1. The number of phenolic OH excluding ortho intramolecular Hbond substituents is 1. The van der Waals surface area contributed by atoms with Crippen molar-refractivity contribution in [3.8, 4) is 17.2 Å². The second kappa shape index (κ2) is 6.17. The van der Waals surface area contributed by atoms with E-state index in [0.29, 0.717) is 22.7 Å². The van der Waals surface area contributed by atoms with E-state index in [1.807, 2.05) is 6.92 Å². The molecular formula is C16H17NO4. The van der Waals surface area contributed by atoms with E-state index < -0.39 is 0 Å². The number of benzene rings is 2.